The van der Waals surface area contributed by atoms with Crippen molar-refractivity contribution in [2.75, 3.05) is 18.4 Å². The Morgan fingerprint density at radius 2 is 1.23 bits per heavy atom. The second-order valence-electron chi connectivity index (χ2n) is 18.9. The third kappa shape index (κ3) is 8.13. The molecule has 0 saturated carbocycles. The molecular weight excluding hydrogens is 933 g/mol. The summed E-state index contributed by atoms with van der Waals surface area (Å²) in [7, 11) is 0. The first-order chi connectivity index (χ1) is 37.0. The van der Waals surface area contributed by atoms with Gasteiger partial charge in [-0.15, -0.1) is 0 Å². The van der Waals surface area contributed by atoms with Crippen molar-refractivity contribution in [1.29, 1.82) is 0 Å². The lowest BCUT2D eigenvalue weighted by Crippen LogP contribution is -2.18. The predicted octanol–water partition coefficient (Wildman–Crippen LogP) is 12.3. The number of fused-ring (bicyclic) bond motifs is 4. The Morgan fingerprint density at radius 1 is 0.533 bits per heavy atom. The molecule has 0 unspecified atom stereocenters. The summed E-state index contributed by atoms with van der Waals surface area (Å²) < 4.78 is 0. The van der Waals surface area contributed by atoms with Crippen LogP contribution in [0.5, 0.6) is 0 Å². The highest BCUT2D eigenvalue weighted by Crippen LogP contribution is 2.40. The summed E-state index contributed by atoms with van der Waals surface area (Å²) >= 11 is 0. The lowest BCUT2D eigenvalue weighted by molar-refractivity contribution is 0.102. The normalized spacial score (nSPS) is 12.9. The van der Waals surface area contributed by atoms with Gasteiger partial charge in [0, 0.05) is 87.9 Å². The maximum absolute atomic E-state index is 13.3. The molecule has 8 aromatic heterocycles. The van der Waals surface area contributed by atoms with Gasteiger partial charge in [-0.2, -0.15) is 10.2 Å². The van der Waals surface area contributed by atoms with Crippen LogP contribution < -0.4 is 5.32 Å². The summed E-state index contributed by atoms with van der Waals surface area (Å²) in [4.78, 5) is 51.8. The second kappa shape index (κ2) is 18.2. The molecule has 0 spiro atoms. The molecule has 14 rings (SSSR count). The summed E-state index contributed by atoms with van der Waals surface area (Å²) in [6, 6.07) is 44.1. The largest absolute Gasteiger partial charge is 0.337 e. The van der Waals surface area contributed by atoms with Gasteiger partial charge in [-0.25, -0.2) is 9.97 Å². The fourth-order valence-electron chi connectivity index (χ4n) is 10.5. The molecule has 0 aliphatic carbocycles. The highest BCUT2D eigenvalue weighted by molar-refractivity contribution is 6.07. The van der Waals surface area contributed by atoms with Crippen LogP contribution in [0.1, 0.15) is 28.8 Å². The van der Waals surface area contributed by atoms with Crippen molar-refractivity contribution in [1.82, 2.24) is 65.2 Å². The molecule has 9 heterocycles. The van der Waals surface area contributed by atoms with E-state index in [0.29, 0.717) is 34.3 Å². The third-order valence-corrected chi connectivity index (χ3v) is 14.1. The highest BCUT2D eigenvalue weighted by Gasteiger charge is 2.22. The molecule has 1 amide bonds. The minimum atomic E-state index is -0.229. The van der Waals surface area contributed by atoms with Crippen molar-refractivity contribution < 1.29 is 4.79 Å². The number of aromatic nitrogens is 12. The first kappa shape index (κ1) is 43.8. The number of carbonyl (C=O) groups is 1. The zero-order valence-electron chi connectivity index (χ0n) is 40.2. The van der Waals surface area contributed by atoms with E-state index in [0.717, 1.165) is 119 Å². The van der Waals surface area contributed by atoms with Crippen LogP contribution in [0.2, 0.25) is 0 Å². The zero-order valence-corrected chi connectivity index (χ0v) is 40.2. The van der Waals surface area contributed by atoms with E-state index in [-0.39, 0.29) is 5.91 Å². The van der Waals surface area contributed by atoms with E-state index in [1.807, 2.05) is 85.3 Å². The van der Waals surface area contributed by atoms with Crippen molar-refractivity contribution in [2.24, 2.45) is 0 Å². The molecular formula is C60H44N14O. The highest BCUT2D eigenvalue weighted by atomic mass is 16.1. The maximum atomic E-state index is 13.3. The SMILES string of the molecule is O=C(Nc1cncc(-c2cc(-c3cc(-c4cccc5[nH]c(-c6n[nH]c7ccc(-c8cncc(CN9CCCC9)c8)cc67)nc45)ccn3)c3[nH]nc(-c4nc5c(-c6ccncc6)cccc5[nH]4)c3c2)c1)c1ccccc1. The Kier molecular flexibility index (Phi) is 10.6. The molecule has 13 aromatic rings. The van der Waals surface area contributed by atoms with Crippen LogP contribution in [0.15, 0.2) is 177 Å². The first-order valence-corrected chi connectivity index (χ1v) is 24.9. The van der Waals surface area contributed by atoms with E-state index in [4.69, 9.17) is 25.1 Å². The number of pyridine rings is 4. The topological polar surface area (TPSA) is 199 Å². The zero-order chi connectivity index (χ0) is 49.8. The lowest BCUT2D eigenvalue weighted by atomic mass is 9.96. The number of hydrogen-bond acceptors (Lipinski definition) is 10. The van der Waals surface area contributed by atoms with Gasteiger partial charge >= 0.3 is 0 Å². The van der Waals surface area contributed by atoms with Crippen LogP contribution in [-0.4, -0.2) is 84.2 Å². The molecule has 1 aliphatic heterocycles. The fourth-order valence-corrected chi connectivity index (χ4v) is 10.5. The van der Waals surface area contributed by atoms with Crippen LogP contribution in [-0.2, 0) is 6.54 Å². The fraction of sp³-hybridized carbons (Fsp3) is 0.0833. The Hall–Kier alpha value is -9.99. The van der Waals surface area contributed by atoms with Crippen LogP contribution in [0.25, 0.3) is 123 Å². The van der Waals surface area contributed by atoms with Crippen molar-refractivity contribution >= 4 is 55.5 Å². The quantitative estimate of drug-likeness (QED) is 0.0831. The number of carbonyl (C=O) groups excluding carboxylic acids is 1. The Bertz CT molecular complexity index is 4300. The number of rotatable bonds is 11. The Morgan fingerprint density at radius 3 is 2.01 bits per heavy atom. The van der Waals surface area contributed by atoms with Crippen molar-refractivity contribution in [3.05, 3.63) is 188 Å². The van der Waals surface area contributed by atoms with Gasteiger partial charge in [-0.3, -0.25) is 39.8 Å². The van der Waals surface area contributed by atoms with Gasteiger partial charge in [-0.05, 0) is 139 Å². The molecule has 15 nitrogen and oxygen atoms in total. The maximum Gasteiger partial charge on any atom is 0.255 e. The number of H-pyrrole nitrogens is 4. The standard InChI is InChI=1S/C60H44N14O/c75-60(37-8-2-1-3-9-37)65-43-25-42(32-63-33-43)40-27-47(53-48(28-40)57(73-71-53)59-67-50-12-6-10-44(54(50)68-59)36-16-19-61-20-17-36)52-29-39(18-21-64-52)45-11-7-13-51-55(45)69-58(66-51)56-46-26-38(14-15-49(46)70-72-56)41-24-35(30-62-31-41)34-74-22-4-5-23-74/h1-3,6-21,24-33H,4-5,22-23,34H2,(H,65,75)(H,66,69)(H,67,68)(H,70,72)(H,71,73). The molecule has 0 atom stereocenters. The van der Waals surface area contributed by atoms with E-state index in [9.17, 15) is 4.79 Å². The number of likely N-dealkylation sites (tertiary alicyclic amines) is 1. The molecule has 5 N–H and O–H groups in total. The van der Waals surface area contributed by atoms with E-state index >= 15 is 0 Å². The minimum Gasteiger partial charge on any atom is -0.337 e. The van der Waals surface area contributed by atoms with Crippen LogP contribution in [0.3, 0.4) is 0 Å². The smallest absolute Gasteiger partial charge is 0.255 e. The monoisotopic (exact) mass is 976 g/mol. The number of nitrogens with one attached hydrogen (secondary N) is 5. The van der Waals surface area contributed by atoms with Gasteiger partial charge in [0.2, 0.25) is 0 Å². The number of benzene rings is 5. The number of anilines is 1. The summed E-state index contributed by atoms with van der Waals surface area (Å²) in [5.41, 5.74) is 17.8. The number of para-hydroxylation sites is 2. The molecule has 1 saturated heterocycles. The van der Waals surface area contributed by atoms with E-state index < -0.39 is 0 Å². The number of aromatic amines is 4. The van der Waals surface area contributed by atoms with Gasteiger partial charge in [0.05, 0.1) is 50.7 Å². The summed E-state index contributed by atoms with van der Waals surface area (Å²) in [5, 5.41) is 21.1. The van der Waals surface area contributed by atoms with Crippen molar-refractivity contribution in [2.45, 2.75) is 19.4 Å². The molecule has 5 aromatic carbocycles. The van der Waals surface area contributed by atoms with E-state index in [1.165, 1.54) is 18.4 Å². The lowest BCUT2D eigenvalue weighted by Gasteiger charge is -2.14. The van der Waals surface area contributed by atoms with Gasteiger partial charge in [0.15, 0.2) is 11.6 Å². The van der Waals surface area contributed by atoms with Gasteiger partial charge in [0.25, 0.3) is 5.91 Å². The second-order valence-corrected chi connectivity index (χ2v) is 18.9. The minimum absolute atomic E-state index is 0.229. The molecule has 0 radical (unpaired) electrons. The van der Waals surface area contributed by atoms with Crippen molar-refractivity contribution in [3.63, 3.8) is 0 Å². The molecule has 1 fully saturated rings. The third-order valence-electron chi connectivity index (χ3n) is 14.1. The van der Waals surface area contributed by atoms with Crippen LogP contribution >= 0.6 is 0 Å². The molecule has 360 valence electrons. The summed E-state index contributed by atoms with van der Waals surface area (Å²) in [6.45, 7) is 3.17. The van der Waals surface area contributed by atoms with Crippen molar-refractivity contribution in [3.8, 4) is 78.8 Å². The van der Waals surface area contributed by atoms with Crippen LogP contribution in [0, 0.1) is 0 Å². The van der Waals surface area contributed by atoms with Gasteiger partial charge in [0.1, 0.15) is 11.4 Å². The van der Waals surface area contributed by atoms with Gasteiger partial charge < -0.3 is 15.3 Å². The summed E-state index contributed by atoms with van der Waals surface area (Å²) in [5.74, 6) is 1.03. The average Bonchev–Trinajstić information content (AvgIpc) is 4.36. The number of amides is 1. The Labute approximate surface area is 428 Å². The number of hydrogen-bond donors (Lipinski definition) is 5. The number of imidazole rings is 2. The molecule has 1 aliphatic rings. The van der Waals surface area contributed by atoms with Gasteiger partial charge in [-0.1, -0.05) is 48.5 Å². The summed E-state index contributed by atoms with van der Waals surface area (Å²) in [6.07, 6.45) is 15.2. The molecule has 15 heteroatoms. The Balaban J connectivity index is 0.854. The number of nitrogens with zero attached hydrogens (tertiary/aromatic N) is 9. The first-order valence-electron chi connectivity index (χ1n) is 24.9. The van der Waals surface area contributed by atoms with E-state index in [2.05, 4.69) is 99.9 Å². The average molecular weight is 977 g/mol. The molecule has 75 heavy (non-hydrogen) atoms. The predicted molar refractivity (Wildman–Crippen MR) is 293 cm³/mol. The molecule has 0 bridgehead atoms. The van der Waals surface area contributed by atoms with E-state index in [1.54, 1.807) is 36.9 Å². The van der Waals surface area contributed by atoms with Crippen LogP contribution in [0.4, 0.5) is 5.69 Å².